The number of esters is 1. The second-order valence-electron chi connectivity index (χ2n) is 8.40. The topological polar surface area (TPSA) is 80.7 Å². The Hall–Kier alpha value is -3.72. The van der Waals surface area contributed by atoms with Crippen molar-refractivity contribution < 1.29 is 23.8 Å². The van der Waals surface area contributed by atoms with Crippen LogP contribution in [0.1, 0.15) is 30.5 Å². The maximum atomic E-state index is 13.2. The summed E-state index contributed by atoms with van der Waals surface area (Å²) in [5, 5.41) is 2.61. The standard InChI is InChI=1S/C27H29N3O5S/c1-17-24(26(32)35-5)25(21-12-11-20(33-3)14-22(21)34-4)30-19(16-36-27(30)28-17)13-23(31)29(2)15-18-9-7-6-8-10-18/h6-12,14,16,25H,13,15H2,1-5H3. The molecule has 0 saturated carbocycles. The first-order valence-electron chi connectivity index (χ1n) is 11.4. The molecule has 9 heteroatoms. The van der Waals surface area contributed by atoms with Crippen molar-refractivity contribution in [1.82, 2.24) is 9.80 Å². The molecule has 1 amide bonds. The largest absolute Gasteiger partial charge is 0.497 e. The molecule has 2 aromatic rings. The second-order valence-corrected chi connectivity index (χ2v) is 9.24. The van der Waals surface area contributed by atoms with Gasteiger partial charge in [0.15, 0.2) is 5.17 Å². The fraction of sp³-hybridized carbons (Fsp3) is 0.296. The van der Waals surface area contributed by atoms with Gasteiger partial charge in [-0.25, -0.2) is 9.79 Å². The predicted octanol–water partition coefficient (Wildman–Crippen LogP) is 4.50. The highest BCUT2D eigenvalue weighted by Crippen LogP contribution is 2.47. The lowest BCUT2D eigenvalue weighted by atomic mass is 9.93. The van der Waals surface area contributed by atoms with Crippen LogP contribution in [0.2, 0.25) is 0 Å². The van der Waals surface area contributed by atoms with Crippen LogP contribution in [0.15, 0.2) is 75.9 Å². The third kappa shape index (κ3) is 4.97. The van der Waals surface area contributed by atoms with Crippen molar-refractivity contribution in [2.45, 2.75) is 25.9 Å². The summed E-state index contributed by atoms with van der Waals surface area (Å²) in [6.07, 6.45) is 0.151. The maximum absolute atomic E-state index is 13.2. The Morgan fingerprint density at radius 3 is 2.50 bits per heavy atom. The van der Waals surface area contributed by atoms with Crippen molar-refractivity contribution in [3.63, 3.8) is 0 Å². The fourth-order valence-corrected chi connectivity index (χ4v) is 5.28. The number of nitrogens with zero attached hydrogens (tertiary/aromatic N) is 3. The first-order valence-corrected chi connectivity index (χ1v) is 12.3. The van der Waals surface area contributed by atoms with Gasteiger partial charge in [0.1, 0.15) is 11.5 Å². The van der Waals surface area contributed by atoms with E-state index in [-0.39, 0.29) is 12.3 Å². The van der Waals surface area contributed by atoms with Crippen molar-refractivity contribution in [3.8, 4) is 11.5 Å². The molecule has 0 spiro atoms. The number of benzene rings is 2. The summed E-state index contributed by atoms with van der Waals surface area (Å²) in [5.74, 6) is 0.656. The van der Waals surface area contributed by atoms with Gasteiger partial charge in [0.2, 0.25) is 5.91 Å². The van der Waals surface area contributed by atoms with E-state index in [1.165, 1.54) is 18.9 Å². The number of carbonyl (C=O) groups excluding carboxylic acids is 2. The molecule has 1 unspecified atom stereocenters. The number of rotatable bonds is 8. The number of allylic oxidation sites excluding steroid dienone is 1. The molecule has 36 heavy (non-hydrogen) atoms. The lowest BCUT2D eigenvalue weighted by Gasteiger charge is -2.37. The van der Waals surface area contributed by atoms with Gasteiger partial charge in [-0.3, -0.25) is 4.79 Å². The van der Waals surface area contributed by atoms with E-state index in [9.17, 15) is 9.59 Å². The van der Waals surface area contributed by atoms with Gasteiger partial charge in [-0.05, 0) is 30.0 Å². The molecule has 2 aliphatic heterocycles. The minimum Gasteiger partial charge on any atom is -0.497 e. The molecular weight excluding hydrogens is 478 g/mol. The minimum atomic E-state index is -0.584. The Labute approximate surface area is 215 Å². The predicted molar refractivity (Wildman–Crippen MR) is 139 cm³/mol. The van der Waals surface area contributed by atoms with Gasteiger partial charge in [0.05, 0.1) is 45.1 Å². The highest BCUT2D eigenvalue weighted by atomic mass is 32.2. The summed E-state index contributed by atoms with van der Waals surface area (Å²) in [6.45, 7) is 2.29. The first-order chi connectivity index (χ1) is 17.4. The van der Waals surface area contributed by atoms with Crippen molar-refractivity contribution in [3.05, 3.63) is 82.0 Å². The normalized spacial score (nSPS) is 16.7. The van der Waals surface area contributed by atoms with E-state index in [0.29, 0.717) is 34.5 Å². The van der Waals surface area contributed by atoms with Crippen molar-refractivity contribution >= 4 is 28.8 Å². The van der Waals surface area contributed by atoms with Crippen molar-refractivity contribution in [2.75, 3.05) is 28.4 Å². The molecule has 0 aliphatic carbocycles. The van der Waals surface area contributed by atoms with Gasteiger partial charge < -0.3 is 24.0 Å². The molecule has 2 aliphatic rings. The van der Waals surface area contributed by atoms with E-state index in [1.807, 2.05) is 52.8 Å². The van der Waals surface area contributed by atoms with E-state index in [1.54, 1.807) is 39.2 Å². The van der Waals surface area contributed by atoms with Gasteiger partial charge in [0, 0.05) is 30.9 Å². The Morgan fingerprint density at radius 2 is 1.83 bits per heavy atom. The average Bonchev–Trinajstić information content (AvgIpc) is 3.29. The number of hydrogen-bond acceptors (Lipinski definition) is 8. The number of thioether (sulfide) groups is 1. The first kappa shape index (κ1) is 25.4. The molecule has 8 nitrogen and oxygen atoms in total. The number of amidine groups is 1. The Morgan fingerprint density at radius 1 is 1.08 bits per heavy atom. The number of fused-ring (bicyclic) bond motifs is 1. The number of amides is 1. The third-order valence-electron chi connectivity index (χ3n) is 6.16. The van der Waals surface area contributed by atoms with Crippen LogP contribution in [0.5, 0.6) is 11.5 Å². The minimum absolute atomic E-state index is 0.0432. The zero-order valence-corrected chi connectivity index (χ0v) is 21.8. The molecule has 1 atom stereocenters. The summed E-state index contributed by atoms with van der Waals surface area (Å²) >= 11 is 1.43. The monoisotopic (exact) mass is 507 g/mol. The van der Waals surface area contributed by atoms with Gasteiger partial charge >= 0.3 is 5.97 Å². The van der Waals surface area contributed by atoms with Gasteiger partial charge in [-0.1, -0.05) is 42.1 Å². The number of methoxy groups -OCH3 is 3. The summed E-state index contributed by atoms with van der Waals surface area (Å²) in [5.41, 5.74) is 3.49. The lowest BCUT2D eigenvalue weighted by molar-refractivity contribution is -0.136. The number of hydrogen-bond donors (Lipinski definition) is 0. The van der Waals surface area contributed by atoms with E-state index in [2.05, 4.69) is 4.99 Å². The van der Waals surface area contributed by atoms with Crippen LogP contribution in [0, 0.1) is 0 Å². The van der Waals surface area contributed by atoms with E-state index in [0.717, 1.165) is 16.8 Å². The fourth-order valence-electron chi connectivity index (χ4n) is 4.31. The molecular formula is C27H29N3O5S. The molecule has 2 aromatic carbocycles. The maximum Gasteiger partial charge on any atom is 0.338 e. The number of aliphatic imine (C=N–C) groups is 1. The molecule has 0 bridgehead atoms. The van der Waals surface area contributed by atoms with Gasteiger partial charge in [-0.15, -0.1) is 0 Å². The van der Waals surface area contributed by atoms with Crippen molar-refractivity contribution in [2.24, 2.45) is 4.99 Å². The molecule has 0 radical (unpaired) electrons. The highest BCUT2D eigenvalue weighted by molar-refractivity contribution is 8.16. The smallest absolute Gasteiger partial charge is 0.338 e. The Balaban J connectivity index is 1.69. The number of ether oxygens (including phenoxy) is 3. The van der Waals surface area contributed by atoms with Crippen LogP contribution >= 0.6 is 11.8 Å². The summed E-state index contributed by atoms with van der Waals surface area (Å²) < 4.78 is 16.2. The van der Waals surface area contributed by atoms with Crippen LogP contribution < -0.4 is 9.47 Å². The summed E-state index contributed by atoms with van der Waals surface area (Å²) in [4.78, 5) is 34.5. The van der Waals surface area contributed by atoms with Crippen LogP contribution in [-0.4, -0.2) is 55.2 Å². The molecule has 4 rings (SSSR count). The van der Waals surface area contributed by atoms with Gasteiger partial charge in [0.25, 0.3) is 0 Å². The molecule has 0 saturated heterocycles. The van der Waals surface area contributed by atoms with E-state index in [4.69, 9.17) is 14.2 Å². The van der Waals surface area contributed by atoms with E-state index >= 15 is 0 Å². The van der Waals surface area contributed by atoms with Crippen LogP contribution in [0.25, 0.3) is 0 Å². The zero-order valence-electron chi connectivity index (χ0n) is 21.0. The molecule has 0 N–H and O–H groups in total. The van der Waals surface area contributed by atoms with Crippen molar-refractivity contribution in [1.29, 1.82) is 0 Å². The van der Waals surface area contributed by atoms with Crippen LogP contribution in [0.4, 0.5) is 0 Å². The molecule has 0 aromatic heterocycles. The summed E-state index contributed by atoms with van der Waals surface area (Å²) in [6, 6.07) is 14.7. The SMILES string of the molecule is COC(=O)C1=C(C)N=C2SC=C(CC(=O)N(C)Cc3ccccc3)N2C1c1ccc(OC)cc1OC. The zero-order chi connectivity index (χ0) is 25.8. The summed E-state index contributed by atoms with van der Waals surface area (Å²) in [7, 11) is 6.29. The molecule has 0 fully saturated rings. The third-order valence-corrected chi connectivity index (χ3v) is 7.05. The lowest BCUT2D eigenvalue weighted by Crippen LogP contribution is -2.38. The average molecular weight is 508 g/mol. The number of carbonyl (C=O) groups is 2. The van der Waals surface area contributed by atoms with Crippen LogP contribution in [-0.2, 0) is 20.9 Å². The Kier molecular flexibility index (Phi) is 7.69. The Bertz CT molecular complexity index is 1260. The molecule has 2 heterocycles. The quantitative estimate of drug-likeness (QED) is 0.487. The second kappa shape index (κ2) is 10.9. The van der Waals surface area contributed by atoms with E-state index < -0.39 is 12.0 Å². The highest BCUT2D eigenvalue weighted by Gasteiger charge is 2.42. The van der Waals surface area contributed by atoms with Gasteiger partial charge in [-0.2, -0.15) is 0 Å². The molecule has 188 valence electrons. The van der Waals surface area contributed by atoms with Crippen LogP contribution in [0.3, 0.4) is 0 Å².